The zero-order chi connectivity index (χ0) is 18.7. The lowest BCUT2D eigenvalue weighted by Crippen LogP contribution is -2.39. The Labute approximate surface area is 152 Å². The van der Waals surface area contributed by atoms with E-state index in [1.54, 1.807) is 30.2 Å². The van der Waals surface area contributed by atoms with E-state index in [0.29, 0.717) is 31.0 Å². The molecule has 2 N–H and O–H groups in total. The largest absolute Gasteiger partial charge is 0.428 e. The number of piperidine rings is 1. The second-order valence-electron chi connectivity index (χ2n) is 6.44. The van der Waals surface area contributed by atoms with Crippen molar-refractivity contribution in [2.45, 2.75) is 19.1 Å². The number of ether oxygens (including phenoxy) is 1. The van der Waals surface area contributed by atoms with E-state index in [0.717, 1.165) is 18.4 Å². The van der Waals surface area contributed by atoms with E-state index < -0.39 is 12.3 Å². The third-order valence-corrected chi connectivity index (χ3v) is 4.83. The molecule has 7 nitrogen and oxygen atoms in total. The predicted molar refractivity (Wildman–Crippen MR) is 96.0 cm³/mol. The first-order valence-electron chi connectivity index (χ1n) is 8.54. The summed E-state index contributed by atoms with van der Waals surface area (Å²) in [5, 5.41) is 8.72. The Morgan fingerprint density at radius 2 is 2.19 bits per heavy atom. The highest BCUT2D eigenvalue weighted by molar-refractivity contribution is 5.90. The number of nitriles is 1. The molecule has 2 heterocycles. The summed E-state index contributed by atoms with van der Waals surface area (Å²) in [5.74, 6) is -0.376. The summed E-state index contributed by atoms with van der Waals surface area (Å²) in [6.45, 7) is 1.89. The van der Waals surface area contributed by atoms with Crippen molar-refractivity contribution in [2.75, 3.05) is 43.2 Å². The molecule has 0 radical (unpaired) electrons. The molecule has 1 amide bonds. The number of nitrogens with zero attached hydrogens (tertiary/aromatic N) is 4. The highest BCUT2D eigenvalue weighted by atomic mass is 19.1. The predicted octanol–water partition coefficient (Wildman–Crippen LogP) is 2.01. The minimum atomic E-state index is -0.508. The van der Waals surface area contributed by atoms with E-state index >= 15 is 0 Å². The summed E-state index contributed by atoms with van der Waals surface area (Å²) in [7, 11) is 1.76. The van der Waals surface area contributed by atoms with Gasteiger partial charge < -0.3 is 15.4 Å². The van der Waals surface area contributed by atoms with Gasteiger partial charge in [0.15, 0.2) is 6.23 Å². The van der Waals surface area contributed by atoms with Crippen molar-refractivity contribution in [3.63, 3.8) is 0 Å². The third-order valence-electron chi connectivity index (χ3n) is 4.83. The third kappa shape index (κ3) is 3.64. The first-order valence-corrected chi connectivity index (χ1v) is 8.54. The Hall–Kier alpha value is -2.63. The van der Waals surface area contributed by atoms with Crippen LogP contribution in [0.2, 0.25) is 0 Å². The summed E-state index contributed by atoms with van der Waals surface area (Å²) in [4.78, 5) is 17.2. The molecule has 1 aromatic rings. The quantitative estimate of drug-likeness (QED) is 0.654. The molecule has 26 heavy (non-hydrogen) atoms. The number of carbonyl (C=O) groups is 1. The number of likely N-dealkylation sites (N-methyl/N-ethyl adjacent to an activating group) is 1. The molecule has 2 aliphatic rings. The molecule has 3 rings (SSSR count). The number of carbonyl (C=O) groups excluding carboxylic acids is 1. The van der Waals surface area contributed by atoms with Crippen LogP contribution in [0.1, 0.15) is 12.8 Å². The van der Waals surface area contributed by atoms with Crippen molar-refractivity contribution < 1.29 is 13.9 Å². The van der Waals surface area contributed by atoms with Gasteiger partial charge in [-0.2, -0.15) is 5.26 Å². The maximum Gasteiger partial charge on any atom is 0.416 e. The van der Waals surface area contributed by atoms with E-state index in [1.807, 2.05) is 11.0 Å². The summed E-state index contributed by atoms with van der Waals surface area (Å²) < 4.78 is 19.9. The number of cyclic esters (lactones) is 1. The summed E-state index contributed by atoms with van der Waals surface area (Å²) in [5.41, 5.74) is 7.63. The van der Waals surface area contributed by atoms with Crippen LogP contribution in [0.4, 0.5) is 20.6 Å². The van der Waals surface area contributed by atoms with Crippen molar-refractivity contribution in [2.24, 2.45) is 5.73 Å². The Kier molecular flexibility index (Phi) is 5.40. The molecule has 1 atom stereocenters. The van der Waals surface area contributed by atoms with Crippen molar-refractivity contribution in [3.8, 4) is 6.07 Å². The zero-order valence-corrected chi connectivity index (χ0v) is 14.7. The fourth-order valence-electron chi connectivity index (χ4n) is 3.20. The monoisotopic (exact) mass is 359 g/mol. The van der Waals surface area contributed by atoms with Crippen LogP contribution in [0.5, 0.6) is 0 Å². The lowest BCUT2D eigenvalue weighted by Gasteiger charge is -2.30. The van der Waals surface area contributed by atoms with Crippen LogP contribution in [-0.2, 0) is 4.74 Å². The van der Waals surface area contributed by atoms with E-state index in [-0.39, 0.29) is 12.5 Å². The molecule has 2 saturated heterocycles. The highest BCUT2D eigenvalue weighted by Gasteiger charge is 2.34. The van der Waals surface area contributed by atoms with E-state index in [4.69, 9.17) is 15.7 Å². The van der Waals surface area contributed by atoms with Crippen molar-refractivity contribution >= 4 is 17.5 Å². The number of allylic oxidation sites excluding steroid dienone is 1. The van der Waals surface area contributed by atoms with Crippen LogP contribution in [0.25, 0.3) is 0 Å². The molecule has 0 aliphatic carbocycles. The summed E-state index contributed by atoms with van der Waals surface area (Å²) in [6, 6.07) is 6.83. The van der Waals surface area contributed by atoms with Crippen molar-refractivity contribution in [1.29, 1.82) is 5.26 Å². The highest BCUT2D eigenvalue weighted by Crippen LogP contribution is 2.30. The minimum Gasteiger partial charge on any atom is -0.428 e. The van der Waals surface area contributed by atoms with Gasteiger partial charge in [-0.15, -0.1) is 0 Å². The van der Waals surface area contributed by atoms with Crippen LogP contribution < -0.4 is 15.5 Å². The maximum absolute atomic E-state index is 14.7. The molecule has 0 unspecified atom stereocenters. The number of halogens is 1. The number of anilines is 2. The van der Waals surface area contributed by atoms with E-state index in [1.165, 1.54) is 11.0 Å². The van der Waals surface area contributed by atoms with Crippen LogP contribution in [0.3, 0.4) is 0 Å². The Bertz CT molecular complexity index is 750. The van der Waals surface area contributed by atoms with Crippen LogP contribution in [0, 0.1) is 17.1 Å². The van der Waals surface area contributed by atoms with Gasteiger partial charge in [-0.25, -0.2) is 9.18 Å². The molecule has 0 aromatic heterocycles. The maximum atomic E-state index is 14.7. The smallest absolute Gasteiger partial charge is 0.416 e. The molecular weight excluding hydrogens is 337 g/mol. The van der Waals surface area contributed by atoms with Gasteiger partial charge in [-0.1, -0.05) is 5.57 Å². The van der Waals surface area contributed by atoms with Gasteiger partial charge in [0.05, 0.1) is 24.0 Å². The van der Waals surface area contributed by atoms with Crippen molar-refractivity contribution in [3.05, 3.63) is 35.7 Å². The molecule has 0 saturated carbocycles. The summed E-state index contributed by atoms with van der Waals surface area (Å²) in [6.07, 6.45) is 2.12. The number of nitrogens with two attached hydrogens (primary N) is 1. The molecule has 1 aromatic carbocycles. The first kappa shape index (κ1) is 18.2. The number of amides is 1. The number of hydrogen-bond acceptors (Lipinski definition) is 6. The standard InChI is InChI=1S/C18H22FN5O2/c1-22(12-21)17-11-24(18(25)26-17)14-2-3-16(15(19)10-14)23-8-5-13(4-7-20)6-9-23/h2-4,10,17H,5-6,8-9,11-12,21H2,1H3/t17-/m0/s1. The van der Waals surface area contributed by atoms with Gasteiger partial charge in [0, 0.05) is 25.8 Å². The van der Waals surface area contributed by atoms with Crippen LogP contribution in [0.15, 0.2) is 29.8 Å². The average molecular weight is 359 g/mol. The van der Waals surface area contributed by atoms with Gasteiger partial charge >= 0.3 is 6.09 Å². The van der Waals surface area contributed by atoms with Crippen LogP contribution in [-0.4, -0.2) is 50.6 Å². The average Bonchev–Trinajstić information content (AvgIpc) is 3.04. The Balaban J connectivity index is 1.72. The zero-order valence-electron chi connectivity index (χ0n) is 14.7. The van der Waals surface area contributed by atoms with Gasteiger partial charge in [0.25, 0.3) is 0 Å². The van der Waals surface area contributed by atoms with Crippen molar-refractivity contribution in [1.82, 2.24) is 4.90 Å². The summed E-state index contributed by atoms with van der Waals surface area (Å²) >= 11 is 0. The molecule has 8 heteroatoms. The lowest BCUT2D eigenvalue weighted by molar-refractivity contribution is 0.0409. The Morgan fingerprint density at radius 3 is 2.81 bits per heavy atom. The Morgan fingerprint density at radius 1 is 1.46 bits per heavy atom. The molecule has 2 aliphatic heterocycles. The lowest BCUT2D eigenvalue weighted by atomic mass is 10.0. The van der Waals surface area contributed by atoms with Gasteiger partial charge in [0.2, 0.25) is 0 Å². The number of rotatable bonds is 4. The second-order valence-corrected chi connectivity index (χ2v) is 6.44. The molecular formula is C18H22FN5O2. The molecule has 138 valence electrons. The fourth-order valence-corrected chi connectivity index (χ4v) is 3.20. The molecule has 0 spiro atoms. The first-order chi connectivity index (χ1) is 12.5. The van der Waals surface area contributed by atoms with Gasteiger partial charge in [-0.05, 0) is 38.1 Å². The molecule has 2 fully saturated rings. The SMILES string of the molecule is CN(CN)[C@@H]1CN(c2ccc(N3CCC(=CC#N)CC3)c(F)c2)C(=O)O1. The topological polar surface area (TPSA) is 85.8 Å². The number of benzene rings is 1. The van der Waals surface area contributed by atoms with Crippen LogP contribution >= 0.6 is 0 Å². The minimum absolute atomic E-state index is 0.260. The second kappa shape index (κ2) is 7.72. The van der Waals surface area contributed by atoms with Gasteiger partial charge in [0.1, 0.15) is 5.82 Å². The van der Waals surface area contributed by atoms with Gasteiger partial charge in [-0.3, -0.25) is 9.80 Å². The molecule has 0 bridgehead atoms. The normalized spacial score (nSPS) is 20.3. The number of hydrogen-bond donors (Lipinski definition) is 1. The van der Waals surface area contributed by atoms with E-state index in [2.05, 4.69) is 0 Å². The fraction of sp³-hybridized carbons (Fsp3) is 0.444. The van der Waals surface area contributed by atoms with E-state index in [9.17, 15) is 9.18 Å².